The van der Waals surface area contributed by atoms with E-state index in [0.29, 0.717) is 39.3 Å². The first kappa shape index (κ1) is 27.1. The lowest BCUT2D eigenvalue weighted by molar-refractivity contribution is 0.172. The Morgan fingerprint density at radius 1 is 1.17 bits per heavy atom. The molecule has 188 valence electrons. The van der Waals surface area contributed by atoms with Gasteiger partial charge in [0.2, 0.25) is 0 Å². The van der Waals surface area contributed by atoms with Crippen LogP contribution in [0.5, 0.6) is 5.75 Å². The van der Waals surface area contributed by atoms with Crippen LogP contribution < -0.4 is 19.8 Å². The highest BCUT2D eigenvalue weighted by molar-refractivity contribution is 7.90. The largest absolute Gasteiger partial charge is 0.574 e. The summed E-state index contributed by atoms with van der Waals surface area (Å²) in [5, 5.41) is 1.16. The second kappa shape index (κ2) is 11.5. The van der Waals surface area contributed by atoms with Gasteiger partial charge in [-0.3, -0.25) is 0 Å². The molecule has 35 heavy (non-hydrogen) atoms. The maximum absolute atomic E-state index is 13.1. The first-order valence-electron chi connectivity index (χ1n) is 10.5. The van der Waals surface area contributed by atoms with E-state index >= 15 is 0 Å². The van der Waals surface area contributed by atoms with Crippen molar-refractivity contribution in [2.75, 3.05) is 40.0 Å². The second-order valence-electron chi connectivity index (χ2n) is 8.16. The van der Waals surface area contributed by atoms with E-state index in [1.165, 1.54) is 11.0 Å². The van der Waals surface area contributed by atoms with Crippen LogP contribution in [-0.4, -0.2) is 55.7 Å². The van der Waals surface area contributed by atoms with Gasteiger partial charge in [-0.15, -0.1) is 4.72 Å². The molecule has 0 saturated carbocycles. The van der Waals surface area contributed by atoms with Crippen molar-refractivity contribution in [3.05, 3.63) is 67.5 Å². The molecule has 0 spiro atoms. The Bertz CT molecular complexity index is 1300. The number of carbonyl (C=O) groups excluding carboxylic acids is 1. The topological polar surface area (TPSA) is 110 Å². The minimum absolute atomic E-state index is 0.0870. The molecule has 0 aliphatic rings. The molecule has 2 aromatic carbocycles. The second-order valence-corrected chi connectivity index (χ2v) is 10.1. The van der Waals surface area contributed by atoms with Crippen molar-refractivity contribution < 1.29 is 18.5 Å². The molecule has 9 nitrogen and oxygen atoms in total. The lowest BCUT2D eigenvalue weighted by Crippen LogP contribution is -2.26. The molecule has 0 bridgehead atoms. The van der Waals surface area contributed by atoms with Gasteiger partial charge in [0.05, 0.1) is 10.0 Å². The summed E-state index contributed by atoms with van der Waals surface area (Å²) in [6.45, 7) is 0.421. The van der Waals surface area contributed by atoms with Crippen LogP contribution in [0.4, 0.5) is 10.5 Å². The number of hydrogen-bond donors (Lipinski definition) is 2. The Kier molecular flexibility index (Phi) is 8.92. The van der Waals surface area contributed by atoms with Gasteiger partial charge in [0.25, 0.3) is 0 Å². The molecular formula is C23H26Cl2N4O5S. The zero-order chi connectivity index (χ0) is 25.9. The third-order valence-corrected chi connectivity index (χ3v) is 6.56. The summed E-state index contributed by atoms with van der Waals surface area (Å²) in [7, 11) is 8.40. The molecule has 1 amide bonds. The van der Waals surface area contributed by atoms with Crippen molar-refractivity contribution in [2.45, 2.75) is 13.0 Å². The van der Waals surface area contributed by atoms with E-state index in [4.69, 9.17) is 32.4 Å². The summed E-state index contributed by atoms with van der Waals surface area (Å²) in [4.78, 5) is 28.3. The molecule has 0 saturated heterocycles. The summed E-state index contributed by atoms with van der Waals surface area (Å²) in [6, 6.07) is 8.30. The van der Waals surface area contributed by atoms with Gasteiger partial charge in [-0.2, -0.15) is 4.72 Å². The fourth-order valence-electron chi connectivity index (χ4n) is 3.38. The van der Waals surface area contributed by atoms with E-state index in [2.05, 4.69) is 9.44 Å². The Labute approximate surface area is 216 Å². The van der Waals surface area contributed by atoms with Gasteiger partial charge in [0, 0.05) is 51.1 Å². The third kappa shape index (κ3) is 6.40. The molecule has 0 aliphatic carbocycles. The Hall–Kier alpha value is -2.47. The monoisotopic (exact) mass is 540 g/mol. The summed E-state index contributed by atoms with van der Waals surface area (Å²) in [5.74, 6) is 0.0870. The predicted octanol–water partition coefficient (Wildman–Crippen LogP) is 4.02. The van der Waals surface area contributed by atoms with Gasteiger partial charge in [-0.1, -0.05) is 35.3 Å². The SMILES string of the molecule is CN[S+]([O-])Nc1cccc(Cc2c(CN(C)C)c3cc(Cl)c(OC(=O)N(C)C)cc3oc2=O)c1Cl. The summed E-state index contributed by atoms with van der Waals surface area (Å²) in [5.41, 5.74) is 1.93. The molecule has 1 atom stereocenters. The molecule has 2 N–H and O–H groups in total. The Morgan fingerprint density at radius 2 is 1.89 bits per heavy atom. The van der Waals surface area contributed by atoms with E-state index < -0.39 is 23.3 Å². The molecule has 0 fully saturated rings. The van der Waals surface area contributed by atoms with Gasteiger partial charge in [0.1, 0.15) is 11.3 Å². The van der Waals surface area contributed by atoms with Crippen molar-refractivity contribution in [1.82, 2.24) is 14.5 Å². The van der Waals surface area contributed by atoms with Crippen LogP contribution in [0, 0.1) is 0 Å². The van der Waals surface area contributed by atoms with Crippen LogP contribution in [0.1, 0.15) is 16.7 Å². The number of fused-ring (bicyclic) bond motifs is 1. The van der Waals surface area contributed by atoms with Crippen LogP contribution in [0.2, 0.25) is 10.0 Å². The number of benzene rings is 2. The number of anilines is 1. The molecule has 0 aliphatic heterocycles. The van der Waals surface area contributed by atoms with Crippen LogP contribution >= 0.6 is 23.2 Å². The maximum Gasteiger partial charge on any atom is 0.414 e. The average molecular weight is 541 g/mol. The molecule has 1 aromatic heterocycles. The van der Waals surface area contributed by atoms with Gasteiger partial charge >= 0.3 is 11.7 Å². The molecule has 12 heteroatoms. The lowest BCUT2D eigenvalue weighted by atomic mass is 9.97. The average Bonchev–Trinajstić information content (AvgIpc) is 2.79. The number of rotatable bonds is 8. The molecule has 1 unspecified atom stereocenters. The fraction of sp³-hybridized carbons (Fsp3) is 0.304. The number of ether oxygens (including phenoxy) is 1. The van der Waals surface area contributed by atoms with Gasteiger partial charge in [-0.25, -0.2) is 9.59 Å². The standard InChI is InChI=1S/C23H26Cl2N4O5S/c1-26-35(32)27-18-8-6-7-13(21(18)25)9-15-16(12-28(2)3)14-10-17(24)20(34-23(31)29(4)5)11-19(14)33-22(15)30/h6-8,10-11,26-27H,9,12H2,1-5H3. The van der Waals surface area contributed by atoms with E-state index in [1.54, 1.807) is 45.4 Å². The highest BCUT2D eigenvalue weighted by Gasteiger charge is 2.21. The fourth-order valence-corrected chi connectivity index (χ4v) is 4.35. The first-order valence-corrected chi connectivity index (χ1v) is 12.4. The number of hydrogen-bond acceptors (Lipinski definition) is 8. The first-order chi connectivity index (χ1) is 16.5. The highest BCUT2D eigenvalue weighted by atomic mass is 35.5. The zero-order valence-electron chi connectivity index (χ0n) is 19.9. The molecule has 3 aromatic rings. The van der Waals surface area contributed by atoms with Crippen molar-refractivity contribution in [2.24, 2.45) is 0 Å². The molecule has 0 radical (unpaired) electrons. The third-order valence-electron chi connectivity index (χ3n) is 5.04. The molecule has 3 rings (SSSR count). The quantitative estimate of drug-likeness (QED) is 0.325. The normalized spacial score (nSPS) is 12.1. The van der Waals surface area contributed by atoms with Gasteiger partial charge in [-0.05, 0) is 37.4 Å². The van der Waals surface area contributed by atoms with Gasteiger partial charge < -0.3 is 23.5 Å². The number of nitrogens with one attached hydrogen (secondary N) is 2. The zero-order valence-corrected chi connectivity index (χ0v) is 22.2. The number of amides is 1. The maximum atomic E-state index is 13.1. The minimum atomic E-state index is -1.52. The smallest absolute Gasteiger partial charge is 0.414 e. The number of nitrogens with zero attached hydrogens (tertiary/aromatic N) is 2. The highest BCUT2D eigenvalue weighted by Crippen LogP contribution is 2.34. The van der Waals surface area contributed by atoms with E-state index in [-0.39, 0.29) is 22.8 Å². The van der Waals surface area contributed by atoms with Crippen LogP contribution in [0.15, 0.2) is 39.5 Å². The summed E-state index contributed by atoms with van der Waals surface area (Å²) >= 11 is 11.5. The lowest BCUT2D eigenvalue weighted by Gasteiger charge is -2.18. The minimum Gasteiger partial charge on any atom is -0.574 e. The van der Waals surface area contributed by atoms with Crippen molar-refractivity contribution in [3.8, 4) is 5.75 Å². The Morgan fingerprint density at radius 3 is 2.51 bits per heavy atom. The van der Waals surface area contributed by atoms with Crippen molar-refractivity contribution >= 4 is 57.5 Å². The summed E-state index contributed by atoms with van der Waals surface area (Å²) in [6.07, 6.45) is -0.433. The Balaban J connectivity index is 2.13. The van der Waals surface area contributed by atoms with Crippen molar-refractivity contribution in [3.63, 3.8) is 0 Å². The van der Waals surface area contributed by atoms with E-state index in [9.17, 15) is 14.1 Å². The van der Waals surface area contributed by atoms with Crippen molar-refractivity contribution in [1.29, 1.82) is 0 Å². The number of carbonyl (C=O) groups is 1. The number of halogens is 2. The predicted molar refractivity (Wildman–Crippen MR) is 140 cm³/mol. The van der Waals surface area contributed by atoms with Crippen LogP contribution in [0.3, 0.4) is 0 Å². The van der Waals surface area contributed by atoms with Crippen LogP contribution in [0.25, 0.3) is 11.0 Å². The van der Waals surface area contributed by atoms with Crippen LogP contribution in [-0.2, 0) is 24.5 Å². The van der Waals surface area contributed by atoms with Gasteiger partial charge in [0.15, 0.2) is 17.3 Å². The van der Waals surface area contributed by atoms with E-state index in [1.807, 2.05) is 19.0 Å². The van der Waals surface area contributed by atoms with E-state index in [0.717, 1.165) is 0 Å². The summed E-state index contributed by atoms with van der Waals surface area (Å²) < 4.78 is 28.1. The molecule has 1 heterocycles. The molecular weight excluding hydrogens is 515 g/mol.